The Kier molecular flexibility index (Phi) is 5.47. The summed E-state index contributed by atoms with van der Waals surface area (Å²) in [6, 6.07) is 4.78. The molecule has 1 aromatic heterocycles. The van der Waals surface area contributed by atoms with Crippen molar-refractivity contribution in [2.75, 3.05) is 7.11 Å². The van der Waals surface area contributed by atoms with E-state index >= 15 is 0 Å². The Hall–Kier alpha value is -3.13. The van der Waals surface area contributed by atoms with E-state index in [4.69, 9.17) is 16.3 Å². The molecule has 0 bridgehead atoms. The highest BCUT2D eigenvalue weighted by Gasteiger charge is 2.52. The average molecular weight is 432 g/mol. The van der Waals surface area contributed by atoms with Crippen LogP contribution in [0, 0.1) is 13.8 Å². The Morgan fingerprint density at radius 1 is 1.17 bits per heavy atom. The van der Waals surface area contributed by atoms with Gasteiger partial charge in [0.2, 0.25) is 5.78 Å². The first-order valence-corrected chi connectivity index (χ1v) is 9.64. The molecule has 1 aliphatic heterocycles. The number of methoxy groups -OCH3 is 1. The molecule has 30 heavy (non-hydrogen) atoms. The molecule has 0 unspecified atom stereocenters. The molecule has 158 valence electrons. The number of Topliss-reactive ketones (excluding diaryl/α,β-unsaturated/α-hetero) is 1. The fraction of sp³-hybridized carbons (Fsp3) is 0.333. The van der Waals surface area contributed by atoms with Crippen molar-refractivity contribution in [2.45, 2.75) is 39.3 Å². The first kappa shape index (κ1) is 21.6. The van der Waals surface area contributed by atoms with Crippen LogP contribution in [0.3, 0.4) is 0 Å². The monoisotopic (exact) mass is 431 g/mol. The van der Waals surface area contributed by atoms with Gasteiger partial charge in [0.15, 0.2) is 0 Å². The van der Waals surface area contributed by atoms with Crippen molar-refractivity contribution in [3.8, 4) is 0 Å². The van der Waals surface area contributed by atoms with E-state index in [2.05, 4.69) is 10.3 Å². The minimum absolute atomic E-state index is 0.154. The molecular formula is C21H22ClN3O5. The molecule has 3 rings (SSSR count). The summed E-state index contributed by atoms with van der Waals surface area (Å²) in [7, 11) is 1.25. The Labute approximate surface area is 178 Å². The number of nitrogens with one attached hydrogen (secondary N) is 2. The van der Waals surface area contributed by atoms with Crippen molar-refractivity contribution < 1.29 is 23.9 Å². The number of carbonyl (C=O) groups excluding carboxylic acids is 4. The summed E-state index contributed by atoms with van der Waals surface area (Å²) >= 11 is 5.92. The van der Waals surface area contributed by atoms with Gasteiger partial charge in [-0.25, -0.2) is 9.59 Å². The minimum atomic E-state index is -1.33. The predicted molar refractivity (Wildman–Crippen MR) is 110 cm³/mol. The van der Waals surface area contributed by atoms with Crippen LogP contribution in [-0.4, -0.2) is 46.7 Å². The quantitative estimate of drug-likeness (QED) is 0.429. The Balaban J connectivity index is 1.94. The summed E-state index contributed by atoms with van der Waals surface area (Å²) < 4.78 is 4.76. The zero-order valence-electron chi connectivity index (χ0n) is 17.3. The van der Waals surface area contributed by atoms with Crippen LogP contribution in [0.25, 0.3) is 0 Å². The van der Waals surface area contributed by atoms with Crippen molar-refractivity contribution in [2.24, 2.45) is 0 Å². The molecule has 0 spiro atoms. The fourth-order valence-corrected chi connectivity index (χ4v) is 3.85. The van der Waals surface area contributed by atoms with Gasteiger partial charge in [-0.2, -0.15) is 0 Å². The van der Waals surface area contributed by atoms with Crippen molar-refractivity contribution in [3.05, 3.63) is 57.4 Å². The third-order valence-corrected chi connectivity index (χ3v) is 5.74. The van der Waals surface area contributed by atoms with Gasteiger partial charge in [-0.1, -0.05) is 23.7 Å². The van der Waals surface area contributed by atoms with Gasteiger partial charge in [-0.3, -0.25) is 14.5 Å². The molecule has 2 aromatic rings. The average Bonchev–Trinajstić information content (AvgIpc) is 3.13. The number of hydrogen-bond donors (Lipinski definition) is 2. The van der Waals surface area contributed by atoms with Crippen LogP contribution in [0.1, 0.15) is 51.5 Å². The lowest BCUT2D eigenvalue weighted by molar-refractivity contribution is -0.131. The number of urea groups is 1. The molecule has 0 saturated carbocycles. The zero-order chi connectivity index (χ0) is 22.4. The number of carbonyl (C=O) groups is 4. The SMILES string of the molecule is COC(=O)c1c(C)[nH]c(C(=O)[C@@H](C)N2C(=O)N[C@](C)(c3ccc(Cl)cc3)C2=O)c1C. The lowest BCUT2D eigenvalue weighted by atomic mass is 9.91. The van der Waals surface area contributed by atoms with E-state index in [1.165, 1.54) is 14.0 Å². The number of benzene rings is 1. The molecule has 8 nitrogen and oxygen atoms in total. The predicted octanol–water partition coefficient (Wildman–Crippen LogP) is 3.11. The summed E-state index contributed by atoms with van der Waals surface area (Å²) in [5.74, 6) is -1.61. The molecule has 1 aromatic carbocycles. The van der Waals surface area contributed by atoms with Crippen LogP contribution in [0.4, 0.5) is 4.79 Å². The van der Waals surface area contributed by atoms with Crippen LogP contribution in [0.15, 0.2) is 24.3 Å². The Morgan fingerprint density at radius 2 is 1.77 bits per heavy atom. The van der Waals surface area contributed by atoms with E-state index in [0.29, 0.717) is 21.8 Å². The molecule has 1 fully saturated rings. The van der Waals surface area contributed by atoms with Crippen molar-refractivity contribution >= 4 is 35.3 Å². The lowest BCUT2D eigenvalue weighted by Crippen LogP contribution is -2.45. The van der Waals surface area contributed by atoms with Crippen LogP contribution in [0.2, 0.25) is 5.02 Å². The highest BCUT2D eigenvalue weighted by Crippen LogP contribution is 2.32. The van der Waals surface area contributed by atoms with Crippen molar-refractivity contribution in [1.82, 2.24) is 15.2 Å². The fourth-order valence-electron chi connectivity index (χ4n) is 3.72. The molecule has 2 N–H and O–H groups in total. The van der Waals surface area contributed by atoms with Crippen molar-refractivity contribution in [1.29, 1.82) is 0 Å². The number of nitrogens with zero attached hydrogens (tertiary/aromatic N) is 1. The van der Waals surface area contributed by atoms with Crippen LogP contribution in [-0.2, 0) is 15.1 Å². The van der Waals surface area contributed by atoms with Gasteiger partial charge in [-0.05, 0) is 51.0 Å². The summed E-state index contributed by atoms with van der Waals surface area (Å²) in [6.07, 6.45) is 0. The molecule has 1 aliphatic rings. The summed E-state index contributed by atoms with van der Waals surface area (Å²) in [5.41, 5.74) is 0.514. The first-order chi connectivity index (χ1) is 14.0. The third kappa shape index (κ3) is 3.27. The second kappa shape index (κ2) is 7.60. The first-order valence-electron chi connectivity index (χ1n) is 9.26. The number of ketones is 1. The second-order valence-corrected chi connectivity index (χ2v) is 7.83. The van der Waals surface area contributed by atoms with Crippen LogP contribution in [0.5, 0.6) is 0 Å². The molecule has 0 aliphatic carbocycles. The smallest absolute Gasteiger partial charge is 0.339 e. The number of hydrogen-bond acceptors (Lipinski definition) is 5. The molecule has 2 atom stereocenters. The standard InChI is InChI=1S/C21H22ClN3O5/c1-10-15(18(27)30-5)11(2)23-16(10)17(26)12(3)25-19(28)21(4,24-20(25)29)13-6-8-14(22)9-7-13/h6-9,12,23H,1-5H3,(H,24,29)/t12-,21-/m1/s1. The molecule has 0 radical (unpaired) electrons. The van der Waals surface area contributed by atoms with Gasteiger partial charge in [-0.15, -0.1) is 0 Å². The minimum Gasteiger partial charge on any atom is -0.465 e. The van der Waals surface area contributed by atoms with Gasteiger partial charge in [0.1, 0.15) is 11.6 Å². The summed E-state index contributed by atoms with van der Waals surface area (Å²) in [6.45, 7) is 6.30. The molecule has 3 amide bonds. The number of imide groups is 1. The highest BCUT2D eigenvalue weighted by atomic mass is 35.5. The number of ether oxygens (including phenoxy) is 1. The number of aryl methyl sites for hydroxylation is 1. The number of halogens is 1. The maximum Gasteiger partial charge on any atom is 0.339 e. The number of aromatic amines is 1. The zero-order valence-corrected chi connectivity index (χ0v) is 18.0. The molecule has 1 saturated heterocycles. The summed E-state index contributed by atoms with van der Waals surface area (Å²) in [5, 5.41) is 3.17. The van der Waals surface area contributed by atoms with Gasteiger partial charge in [0.05, 0.1) is 18.4 Å². The largest absolute Gasteiger partial charge is 0.465 e. The Morgan fingerprint density at radius 3 is 2.33 bits per heavy atom. The van der Waals surface area contributed by atoms with Gasteiger partial charge < -0.3 is 15.0 Å². The molecule has 9 heteroatoms. The molecular weight excluding hydrogens is 410 g/mol. The number of amides is 3. The van der Waals surface area contributed by atoms with Gasteiger partial charge >= 0.3 is 12.0 Å². The van der Waals surface area contributed by atoms with Gasteiger partial charge in [0, 0.05) is 10.7 Å². The van der Waals surface area contributed by atoms with Crippen LogP contribution >= 0.6 is 11.6 Å². The number of H-pyrrole nitrogens is 1. The summed E-state index contributed by atoms with van der Waals surface area (Å²) in [4.78, 5) is 54.8. The Bertz CT molecular complexity index is 1060. The normalized spacial score (nSPS) is 19.6. The highest BCUT2D eigenvalue weighted by molar-refractivity contribution is 6.30. The van der Waals surface area contributed by atoms with E-state index in [1.54, 1.807) is 45.0 Å². The van der Waals surface area contributed by atoms with E-state index in [1.807, 2.05) is 0 Å². The maximum atomic E-state index is 13.2. The number of aromatic nitrogens is 1. The topological polar surface area (TPSA) is 109 Å². The van der Waals surface area contributed by atoms with Gasteiger partial charge in [0.25, 0.3) is 5.91 Å². The number of rotatable bonds is 5. The number of esters is 1. The van der Waals surface area contributed by atoms with Crippen LogP contribution < -0.4 is 5.32 Å². The van der Waals surface area contributed by atoms with E-state index in [9.17, 15) is 19.2 Å². The van der Waals surface area contributed by atoms with E-state index < -0.39 is 35.3 Å². The second-order valence-electron chi connectivity index (χ2n) is 7.39. The maximum absolute atomic E-state index is 13.2. The molecule has 2 heterocycles. The van der Waals surface area contributed by atoms with Crippen molar-refractivity contribution in [3.63, 3.8) is 0 Å². The van der Waals surface area contributed by atoms with E-state index in [0.717, 1.165) is 4.90 Å². The van der Waals surface area contributed by atoms with E-state index in [-0.39, 0.29) is 11.3 Å². The third-order valence-electron chi connectivity index (χ3n) is 5.48. The lowest BCUT2D eigenvalue weighted by Gasteiger charge is -2.24.